The number of amides is 2. The molecule has 0 spiro atoms. The molecule has 3 aromatic carbocycles. The molecule has 0 aliphatic carbocycles. The predicted molar refractivity (Wildman–Crippen MR) is 138 cm³/mol. The largest absolute Gasteiger partial charge is 0.417 e. The molecule has 0 saturated carbocycles. The molecule has 0 radical (unpaired) electrons. The second-order valence-corrected chi connectivity index (χ2v) is 9.44. The zero-order valence-corrected chi connectivity index (χ0v) is 20.8. The number of nitrogens with one attached hydrogen (secondary N) is 1. The number of halogens is 3. The average Bonchev–Trinajstić information content (AvgIpc) is 2.92. The molecule has 2 amide bonds. The first-order valence-corrected chi connectivity index (χ1v) is 12.7. The predicted octanol–water partition coefficient (Wildman–Crippen LogP) is 7.28. The zero-order chi connectivity index (χ0) is 26.4. The second-order valence-electron chi connectivity index (χ2n) is 9.44. The Kier molecular flexibility index (Phi) is 8.31. The number of nitrogens with zero attached hydrogens (tertiary/aromatic N) is 1. The van der Waals surface area contributed by atoms with E-state index < -0.39 is 35.2 Å². The molecule has 4 rings (SSSR count). The second kappa shape index (κ2) is 11.6. The van der Waals surface area contributed by atoms with Crippen LogP contribution in [0.3, 0.4) is 0 Å². The van der Waals surface area contributed by atoms with Crippen molar-refractivity contribution in [1.82, 2.24) is 4.90 Å². The molecule has 0 bridgehead atoms. The third kappa shape index (κ3) is 6.21. The highest BCUT2D eigenvalue weighted by molar-refractivity contribution is 5.98. The Morgan fingerprint density at radius 2 is 1.62 bits per heavy atom. The summed E-state index contributed by atoms with van der Waals surface area (Å²) in [4.78, 5) is 28.5. The molecule has 1 aliphatic rings. The SMILES string of the molecule is CCCCc1ccc(NC(=O)[C@H]2CCCN(C(=O)c3ccccc3C(F)(F)F)[C@H]2c2ccccc2)cc1. The minimum Gasteiger partial charge on any atom is -0.331 e. The van der Waals surface area contributed by atoms with Crippen LogP contribution in [0.1, 0.15) is 65.7 Å². The number of hydrogen-bond acceptors (Lipinski definition) is 2. The lowest BCUT2D eigenvalue weighted by Crippen LogP contribution is -2.46. The number of hydrogen-bond donors (Lipinski definition) is 1. The summed E-state index contributed by atoms with van der Waals surface area (Å²) in [6, 6.07) is 20.9. The molecule has 0 aromatic heterocycles. The number of aryl methyl sites for hydroxylation is 1. The van der Waals surface area contributed by atoms with Crippen molar-refractivity contribution in [2.45, 2.75) is 51.2 Å². The first-order chi connectivity index (χ1) is 17.8. The van der Waals surface area contributed by atoms with Gasteiger partial charge in [0.25, 0.3) is 5.91 Å². The highest BCUT2D eigenvalue weighted by Crippen LogP contribution is 2.39. The number of benzene rings is 3. The van der Waals surface area contributed by atoms with Crippen LogP contribution >= 0.6 is 0 Å². The number of rotatable bonds is 7. The van der Waals surface area contributed by atoms with Crippen LogP contribution in [0.4, 0.5) is 18.9 Å². The number of anilines is 1. The molecule has 4 nitrogen and oxygen atoms in total. The van der Waals surface area contributed by atoms with Gasteiger partial charge >= 0.3 is 6.18 Å². The first kappa shape index (κ1) is 26.5. The molecule has 37 heavy (non-hydrogen) atoms. The van der Waals surface area contributed by atoms with Gasteiger partial charge in [0.05, 0.1) is 23.1 Å². The topological polar surface area (TPSA) is 49.4 Å². The van der Waals surface area contributed by atoms with Crippen molar-refractivity contribution in [3.8, 4) is 0 Å². The fourth-order valence-electron chi connectivity index (χ4n) is 5.00. The lowest BCUT2D eigenvalue weighted by molar-refractivity contribution is -0.138. The molecule has 0 unspecified atom stereocenters. The molecule has 1 saturated heterocycles. The third-order valence-corrected chi connectivity index (χ3v) is 6.87. The van der Waals surface area contributed by atoms with Gasteiger partial charge in [-0.2, -0.15) is 13.2 Å². The van der Waals surface area contributed by atoms with Gasteiger partial charge in [-0.25, -0.2) is 0 Å². The van der Waals surface area contributed by atoms with Crippen molar-refractivity contribution in [1.29, 1.82) is 0 Å². The summed E-state index contributed by atoms with van der Waals surface area (Å²) in [6.07, 6.45) is -0.468. The van der Waals surface area contributed by atoms with Crippen molar-refractivity contribution < 1.29 is 22.8 Å². The van der Waals surface area contributed by atoms with E-state index in [-0.39, 0.29) is 12.5 Å². The van der Waals surface area contributed by atoms with Crippen molar-refractivity contribution in [3.05, 3.63) is 101 Å². The van der Waals surface area contributed by atoms with Gasteiger partial charge in [-0.15, -0.1) is 0 Å². The molecule has 2 atom stereocenters. The maximum atomic E-state index is 13.7. The summed E-state index contributed by atoms with van der Waals surface area (Å²) >= 11 is 0. The van der Waals surface area contributed by atoms with Gasteiger partial charge in [0.15, 0.2) is 0 Å². The van der Waals surface area contributed by atoms with Crippen molar-refractivity contribution in [3.63, 3.8) is 0 Å². The molecule has 1 heterocycles. The number of carbonyl (C=O) groups excluding carboxylic acids is 2. The summed E-state index contributed by atoms with van der Waals surface area (Å²) < 4.78 is 41.1. The Balaban J connectivity index is 1.63. The summed E-state index contributed by atoms with van der Waals surface area (Å²) in [5, 5.41) is 2.97. The summed E-state index contributed by atoms with van der Waals surface area (Å²) in [7, 11) is 0. The standard InChI is InChI=1S/C30H31F3N2O2/c1-2-3-10-21-16-18-23(19-17-21)34-28(36)25-14-9-20-35(27(25)22-11-5-4-6-12-22)29(37)24-13-7-8-15-26(24)30(31,32)33/h4-8,11-13,15-19,25,27H,2-3,9-10,14,20H2,1H3,(H,34,36)/t25-,27-/m0/s1. The number of piperidine rings is 1. The fourth-order valence-corrected chi connectivity index (χ4v) is 5.00. The van der Waals surface area contributed by atoms with Crippen LogP contribution in [0.25, 0.3) is 0 Å². The van der Waals surface area contributed by atoms with E-state index >= 15 is 0 Å². The molecule has 7 heteroatoms. The van der Waals surface area contributed by atoms with Crippen LogP contribution in [-0.2, 0) is 17.4 Å². The lowest BCUT2D eigenvalue weighted by Gasteiger charge is -2.41. The molecule has 1 N–H and O–H groups in total. The van der Waals surface area contributed by atoms with E-state index in [0.717, 1.165) is 30.9 Å². The summed E-state index contributed by atoms with van der Waals surface area (Å²) in [6.45, 7) is 2.40. The van der Waals surface area contributed by atoms with Crippen LogP contribution in [0.5, 0.6) is 0 Å². The van der Waals surface area contributed by atoms with E-state index in [0.29, 0.717) is 18.5 Å². The maximum absolute atomic E-state index is 13.7. The Bertz CT molecular complexity index is 1210. The van der Waals surface area contributed by atoms with Gasteiger partial charge < -0.3 is 10.2 Å². The van der Waals surface area contributed by atoms with Gasteiger partial charge in [-0.05, 0) is 61.1 Å². The van der Waals surface area contributed by atoms with E-state index in [9.17, 15) is 22.8 Å². The van der Waals surface area contributed by atoms with Crippen LogP contribution < -0.4 is 5.32 Å². The lowest BCUT2D eigenvalue weighted by atomic mass is 9.83. The van der Waals surface area contributed by atoms with Crippen LogP contribution in [0.15, 0.2) is 78.9 Å². The minimum atomic E-state index is -4.66. The van der Waals surface area contributed by atoms with Crippen molar-refractivity contribution >= 4 is 17.5 Å². The van der Waals surface area contributed by atoms with Crippen LogP contribution in [0, 0.1) is 5.92 Å². The quantitative estimate of drug-likeness (QED) is 0.365. The van der Waals surface area contributed by atoms with E-state index in [2.05, 4.69) is 12.2 Å². The van der Waals surface area contributed by atoms with Gasteiger partial charge in [-0.3, -0.25) is 9.59 Å². The molecular formula is C30H31F3N2O2. The van der Waals surface area contributed by atoms with Gasteiger partial charge in [0.1, 0.15) is 0 Å². The van der Waals surface area contributed by atoms with E-state index in [1.807, 2.05) is 42.5 Å². The highest BCUT2D eigenvalue weighted by Gasteiger charge is 2.42. The third-order valence-electron chi connectivity index (χ3n) is 6.87. The Hall–Kier alpha value is -3.61. The zero-order valence-electron chi connectivity index (χ0n) is 20.8. The van der Waals surface area contributed by atoms with Crippen LogP contribution in [0.2, 0.25) is 0 Å². The minimum absolute atomic E-state index is 0.253. The van der Waals surface area contributed by atoms with Crippen molar-refractivity contribution in [2.75, 3.05) is 11.9 Å². The van der Waals surface area contributed by atoms with Crippen molar-refractivity contribution in [2.24, 2.45) is 5.92 Å². The Morgan fingerprint density at radius 3 is 2.30 bits per heavy atom. The average molecular weight is 509 g/mol. The normalized spacial score (nSPS) is 17.9. The van der Waals surface area contributed by atoms with Gasteiger partial charge in [0, 0.05) is 12.2 Å². The summed E-state index contributed by atoms with van der Waals surface area (Å²) in [5.41, 5.74) is 1.19. The first-order valence-electron chi connectivity index (χ1n) is 12.7. The number of unbranched alkanes of at least 4 members (excludes halogenated alkanes) is 1. The van der Waals surface area contributed by atoms with Gasteiger partial charge in [-0.1, -0.05) is 67.9 Å². The number of alkyl halides is 3. The number of likely N-dealkylation sites (tertiary alicyclic amines) is 1. The molecule has 194 valence electrons. The monoisotopic (exact) mass is 508 g/mol. The molecule has 1 aliphatic heterocycles. The highest BCUT2D eigenvalue weighted by atomic mass is 19.4. The molecule has 1 fully saturated rings. The fraction of sp³-hybridized carbons (Fsp3) is 0.333. The van der Waals surface area contributed by atoms with E-state index in [4.69, 9.17) is 0 Å². The molecule has 3 aromatic rings. The van der Waals surface area contributed by atoms with E-state index in [1.165, 1.54) is 28.7 Å². The summed E-state index contributed by atoms with van der Waals surface area (Å²) in [5.74, 6) is -1.59. The number of carbonyl (C=O) groups is 2. The maximum Gasteiger partial charge on any atom is 0.417 e. The van der Waals surface area contributed by atoms with E-state index in [1.54, 1.807) is 12.1 Å². The molecular weight excluding hydrogens is 477 g/mol. The van der Waals surface area contributed by atoms with Gasteiger partial charge in [0.2, 0.25) is 5.91 Å². The van der Waals surface area contributed by atoms with Crippen LogP contribution in [-0.4, -0.2) is 23.3 Å². The Labute approximate surface area is 215 Å². The smallest absolute Gasteiger partial charge is 0.331 e. The Morgan fingerprint density at radius 1 is 0.946 bits per heavy atom.